The molecule has 0 aromatic heterocycles. The molecule has 0 saturated heterocycles. The zero-order chi connectivity index (χ0) is 4.50. The summed E-state index contributed by atoms with van der Waals surface area (Å²) < 4.78 is 8.88. The van der Waals surface area contributed by atoms with E-state index < -0.39 is 7.82 Å². The summed E-state index contributed by atoms with van der Waals surface area (Å²) in [7, 11) is -4.64. The van der Waals surface area contributed by atoms with E-state index >= 15 is 0 Å². The Morgan fingerprint density at radius 2 is 1.00 bits per heavy atom. The molecule has 0 unspecified atom stereocenters. The van der Waals surface area contributed by atoms with Crippen LogP contribution in [0.15, 0.2) is 0 Å². The Labute approximate surface area is 157 Å². The van der Waals surface area contributed by atoms with Crippen molar-refractivity contribution in [2.45, 2.75) is 0 Å². The minimum absolute atomic E-state index is 0. The first-order valence-corrected chi connectivity index (χ1v) is 2.35. The molecule has 0 rings (SSSR count). The molecule has 9 heavy (non-hydrogen) atoms. The van der Waals surface area contributed by atoms with Gasteiger partial charge in [-0.05, 0) is 0 Å². The standard InChI is InChI=1S/2Ca.2Mg.H3O4P.8H/c;;;;1-5(2,3)4;;;;;;;;/h;;;;(H3,1,2,3,4);;;;;;;;/q4*+2;;8*-1. The van der Waals surface area contributed by atoms with Crippen molar-refractivity contribution < 1.29 is 30.7 Å². The molecule has 9 heteroatoms. The smallest absolute Gasteiger partial charge is 1.00 e. The largest absolute Gasteiger partial charge is 2.00 e. The van der Waals surface area contributed by atoms with Gasteiger partial charge in [0, 0.05) is 0 Å². The van der Waals surface area contributed by atoms with Crippen LogP contribution in [-0.4, -0.2) is 136 Å². The van der Waals surface area contributed by atoms with E-state index in [0.29, 0.717) is 0 Å². The SMILES string of the molecule is O=P(O)(O)O.[Ca+2].[Ca+2].[H-].[H-].[H-].[H-].[H-].[H-].[H-].[H-].[Mg+2].[Mg+2]. The Bertz CT molecular complexity index is 79.7. The number of hydrogen-bond donors (Lipinski definition) is 3. The molecule has 0 aliphatic carbocycles. The molecule has 0 atom stereocenters. The molecule has 0 amide bonds. The summed E-state index contributed by atoms with van der Waals surface area (Å²) in [6.45, 7) is 0. The van der Waals surface area contributed by atoms with Crippen molar-refractivity contribution in [3.05, 3.63) is 0 Å². The molecule has 0 heterocycles. The van der Waals surface area contributed by atoms with E-state index in [1.54, 1.807) is 0 Å². The first-order chi connectivity index (χ1) is 2.00. The van der Waals surface area contributed by atoms with Gasteiger partial charge in [-0.3, -0.25) is 0 Å². The summed E-state index contributed by atoms with van der Waals surface area (Å²) in [5.74, 6) is 0. The summed E-state index contributed by atoms with van der Waals surface area (Å²) in [6, 6.07) is 0. The van der Waals surface area contributed by atoms with E-state index in [1.165, 1.54) is 0 Å². The van der Waals surface area contributed by atoms with Gasteiger partial charge in [0.05, 0.1) is 0 Å². The second-order valence-corrected chi connectivity index (χ2v) is 1.54. The number of hydrogen-bond acceptors (Lipinski definition) is 1. The maximum Gasteiger partial charge on any atom is 2.00 e. The first-order valence-electron chi connectivity index (χ1n) is 0.783. The molecule has 0 aliphatic heterocycles. The van der Waals surface area contributed by atoms with Gasteiger partial charge in [-0.1, -0.05) is 0 Å². The van der Waals surface area contributed by atoms with Crippen LogP contribution < -0.4 is 0 Å². The third kappa shape index (κ3) is 72.5. The third-order valence-corrected chi connectivity index (χ3v) is 0. The second-order valence-electron chi connectivity index (χ2n) is 0.513. The van der Waals surface area contributed by atoms with Crippen LogP contribution in [0.4, 0.5) is 0 Å². The molecule has 0 aliphatic rings. The van der Waals surface area contributed by atoms with Gasteiger partial charge in [0.2, 0.25) is 0 Å². The van der Waals surface area contributed by atoms with Crippen LogP contribution >= 0.6 is 7.82 Å². The zero-order valence-electron chi connectivity index (χ0n) is 13.0. The van der Waals surface area contributed by atoms with Crippen molar-refractivity contribution in [3.8, 4) is 0 Å². The average Bonchev–Trinajstić information content (AvgIpc) is 0.722. The van der Waals surface area contributed by atoms with Crippen LogP contribution in [0.2, 0.25) is 0 Å². The molecule has 0 saturated carbocycles. The molecule has 0 aromatic carbocycles. The predicted octanol–water partition coefficient (Wildman–Crippen LogP) is -1.55. The average molecular weight is 235 g/mol. The number of phosphoric acid groups is 1. The van der Waals surface area contributed by atoms with Crippen molar-refractivity contribution in [1.29, 1.82) is 0 Å². The Morgan fingerprint density at radius 1 is 1.00 bits per heavy atom. The fourth-order valence-corrected chi connectivity index (χ4v) is 0. The van der Waals surface area contributed by atoms with E-state index in [4.69, 9.17) is 19.2 Å². The van der Waals surface area contributed by atoms with Gasteiger partial charge in [0.25, 0.3) is 0 Å². The van der Waals surface area contributed by atoms with Crippen LogP contribution in [0.5, 0.6) is 0 Å². The molecule has 0 bridgehead atoms. The van der Waals surface area contributed by atoms with Crippen LogP contribution in [0.1, 0.15) is 11.4 Å². The van der Waals surface area contributed by atoms with Gasteiger partial charge in [-0.2, -0.15) is 0 Å². The van der Waals surface area contributed by atoms with Crippen LogP contribution in [-0.2, 0) is 4.57 Å². The predicted molar refractivity (Wildman–Crippen MR) is 46.2 cm³/mol. The summed E-state index contributed by atoms with van der Waals surface area (Å²) in [5.41, 5.74) is 0. The Hall–Kier alpha value is 4.16. The zero-order valence-corrected chi connectivity index (χ0v) is 13.2. The Morgan fingerprint density at radius 3 is 1.00 bits per heavy atom. The van der Waals surface area contributed by atoms with E-state index in [0.717, 1.165) is 0 Å². The first kappa shape index (κ1) is 29.2. The van der Waals surface area contributed by atoms with E-state index in [-0.39, 0.29) is 133 Å². The molecular weight excluding hydrogens is 224 g/mol. The van der Waals surface area contributed by atoms with Crippen molar-refractivity contribution >= 4 is 129 Å². The molecule has 3 N–H and O–H groups in total. The van der Waals surface area contributed by atoms with Crippen molar-refractivity contribution in [1.82, 2.24) is 0 Å². The normalized spacial score (nSPS) is 6.56. The van der Waals surface area contributed by atoms with Crippen LogP contribution in [0.25, 0.3) is 0 Å². The van der Waals surface area contributed by atoms with Crippen molar-refractivity contribution in [2.24, 2.45) is 0 Å². The number of rotatable bonds is 0. The van der Waals surface area contributed by atoms with Gasteiger partial charge in [-0.15, -0.1) is 0 Å². The monoisotopic (exact) mass is 234 g/mol. The van der Waals surface area contributed by atoms with Crippen LogP contribution in [0, 0.1) is 0 Å². The second kappa shape index (κ2) is 14.7. The van der Waals surface area contributed by atoms with Crippen molar-refractivity contribution in [3.63, 3.8) is 0 Å². The third-order valence-electron chi connectivity index (χ3n) is 0. The van der Waals surface area contributed by atoms with Gasteiger partial charge < -0.3 is 26.1 Å². The van der Waals surface area contributed by atoms with E-state index in [9.17, 15) is 0 Å². The molecule has 0 aromatic rings. The molecular formula is H11Ca2Mg2O4P. The Balaban J connectivity index is -0.00000000121. The van der Waals surface area contributed by atoms with Crippen LogP contribution in [0.3, 0.4) is 0 Å². The molecule has 0 fully saturated rings. The molecule has 48 valence electrons. The molecule has 0 spiro atoms. The summed E-state index contributed by atoms with van der Waals surface area (Å²) in [6.07, 6.45) is 0. The van der Waals surface area contributed by atoms with E-state index in [1.807, 2.05) is 0 Å². The molecule has 0 radical (unpaired) electrons. The maximum absolute atomic E-state index is 8.88. The summed E-state index contributed by atoms with van der Waals surface area (Å²) in [5, 5.41) is 0. The fraction of sp³-hybridized carbons (Fsp3) is 0. The minimum Gasteiger partial charge on any atom is -1.00 e. The summed E-state index contributed by atoms with van der Waals surface area (Å²) >= 11 is 0. The van der Waals surface area contributed by atoms with Crippen molar-refractivity contribution in [2.75, 3.05) is 0 Å². The Kier molecular flexibility index (Phi) is 47.6. The van der Waals surface area contributed by atoms with E-state index in [2.05, 4.69) is 0 Å². The maximum atomic E-state index is 8.88. The fourth-order valence-electron chi connectivity index (χ4n) is 0. The van der Waals surface area contributed by atoms with Gasteiger partial charge in [0.15, 0.2) is 0 Å². The van der Waals surface area contributed by atoms with Gasteiger partial charge in [-0.25, -0.2) is 4.57 Å². The molecule has 4 nitrogen and oxygen atoms in total. The van der Waals surface area contributed by atoms with Gasteiger partial charge >= 0.3 is 129 Å². The topological polar surface area (TPSA) is 77.8 Å². The quantitative estimate of drug-likeness (QED) is 0.350. The summed E-state index contributed by atoms with van der Waals surface area (Å²) in [4.78, 5) is 21.6. The van der Waals surface area contributed by atoms with Gasteiger partial charge in [0.1, 0.15) is 0 Å². The minimum atomic E-state index is -4.64.